The minimum atomic E-state index is 0.735. The molecule has 1 fully saturated rings. The van der Waals surface area contributed by atoms with E-state index in [0.29, 0.717) is 0 Å². The molecule has 0 aromatic rings. The topological polar surface area (TPSA) is 26.0 Å². The lowest BCUT2D eigenvalue weighted by Gasteiger charge is -1.94. The molecule has 12 heavy (non-hydrogen) atoms. The Bertz CT molecular complexity index is 321. The molecule has 0 aromatic carbocycles. The van der Waals surface area contributed by atoms with Crippen molar-refractivity contribution in [2.45, 2.75) is 19.8 Å². The Labute approximate surface area is 73.0 Å². The molecule has 2 rings (SSSR count). The Morgan fingerprint density at radius 1 is 1.42 bits per heavy atom. The van der Waals surface area contributed by atoms with E-state index in [4.69, 9.17) is 5.73 Å². The van der Waals surface area contributed by atoms with Crippen molar-refractivity contribution < 1.29 is 0 Å². The molecule has 62 valence electrons. The number of hydrogen-bond donors (Lipinski definition) is 1. The third-order valence-corrected chi connectivity index (χ3v) is 2.20. The van der Waals surface area contributed by atoms with Gasteiger partial charge in [-0.3, -0.25) is 0 Å². The van der Waals surface area contributed by atoms with Gasteiger partial charge in [-0.25, -0.2) is 0 Å². The molecular formula is C11H13N. The van der Waals surface area contributed by atoms with Gasteiger partial charge in [0.05, 0.1) is 0 Å². The lowest BCUT2D eigenvalue weighted by atomic mass is 10.1. The van der Waals surface area contributed by atoms with Crippen LogP contribution in [-0.2, 0) is 0 Å². The van der Waals surface area contributed by atoms with Gasteiger partial charge < -0.3 is 5.73 Å². The maximum absolute atomic E-state index is 5.78. The molecule has 0 unspecified atom stereocenters. The van der Waals surface area contributed by atoms with E-state index < -0.39 is 0 Å². The van der Waals surface area contributed by atoms with Crippen molar-refractivity contribution in [1.82, 2.24) is 0 Å². The first kappa shape index (κ1) is 7.45. The fourth-order valence-electron chi connectivity index (χ4n) is 1.39. The van der Waals surface area contributed by atoms with Crippen LogP contribution in [0.1, 0.15) is 19.8 Å². The first-order valence-electron chi connectivity index (χ1n) is 4.38. The van der Waals surface area contributed by atoms with Crippen molar-refractivity contribution in [1.29, 1.82) is 0 Å². The van der Waals surface area contributed by atoms with Crippen LogP contribution in [0.2, 0.25) is 0 Å². The smallest absolute Gasteiger partial charge is 0.0325 e. The zero-order valence-corrected chi connectivity index (χ0v) is 7.30. The minimum absolute atomic E-state index is 0.735. The van der Waals surface area contributed by atoms with Gasteiger partial charge in [0.2, 0.25) is 0 Å². The fourth-order valence-corrected chi connectivity index (χ4v) is 1.39. The number of nitrogens with two attached hydrogens (primary N) is 1. The Kier molecular flexibility index (Phi) is 1.67. The molecule has 0 spiro atoms. The van der Waals surface area contributed by atoms with E-state index in [9.17, 15) is 0 Å². The third kappa shape index (κ3) is 1.51. The molecule has 0 saturated heterocycles. The molecular weight excluding hydrogens is 146 g/mol. The van der Waals surface area contributed by atoms with Gasteiger partial charge in [0, 0.05) is 5.70 Å². The summed E-state index contributed by atoms with van der Waals surface area (Å²) in [5, 5.41) is 0. The fraction of sp³-hybridized carbons (Fsp3) is 0.364. The normalized spacial score (nSPS) is 22.6. The van der Waals surface area contributed by atoms with E-state index in [1.807, 2.05) is 25.2 Å². The summed E-state index contributed by atoms with van der Waals surface area (Å²) < 4.78 is 0. The monoisotopic (exact) mass is 159 g/mol. The molecule has 0 bridgehead atoms. The standard InChI is InChI=1S/C11H13N/c1-8-2-3-10(9-4-5-9)7-11(12)6-8/h2,6-7,9H,4-5,12H2,1H3. The average molecular weight is 159 g/mol. The van der Waals surface area contributed by atoms with Gasteiger partial charge in [-0.1, -0.05) is 0 Å². The van der Waals surface area contributed by atoms with Crippen LogP contribution in [0.25, 0.3) is 0 Å². The summed E-state index contributed by atoms with van der Waals surface area (Å²) in [7, 11) is 0. The average Bonchev–Trinajstić information content (AvgIpc) is 2.76. The van der Waals surface area contributed by atoms with Gasteiger partial charge >= 0.3 is 0 Å². The molecule has 0 amide bonds. The SMILES string of the molecule is CC1=CC(N)=CC(C2CC2)=C=C1. The first-order chi connectivity index (χ1) is 5.75. The van der Waals surface area contributed by atoms with Crippen LogP contribution in [0.4, 0.5) is 0 Å². The second-order valence-corrected chi connectivity index (χ2v) is 3.55. The molecule has 0 atom stereocenters. The van der Waals surface area contributed by atoms with Crippen molar-refractivity contribution in [2.75, 3.05) is 0 Å². The van der Waals surface area contributed by atoms with Crippen molar-refractivity contribution in [2.24, 2.45) is 11.7 Å². The second-order valence-electron chi connectivity index (χ2n) is 3.55. The molecule has 0 aromatic heterocycles. The maximum Gasteiger partial charge on any atom is 0.0325 e. The first-order valence-corrected chi connectivity index (χ1v) is 4.38. The molecule has 0 radical (unpaired) electrons. The molecule has 0 heterocycles. The largest absolute Gasteiger partial charge is 0.399 e. The summed E-state index contributed by atoms with van der Waals surface area (Å²) in [5.41, 5.74) is 12.4. The number of allylic oxidation sites excluding steroid dienone is 4. The van der Waals surface area contributed by atoms with Crippen LogP contribution >= 0.6 is 0 Å². The molecule has 2 aliphatic rings. The van der Waals surface area contributed by atoms with Crippen LogP contribution in [0, 0.1) is 5.92 Å². The highest BCUT2D eigenvalue weighted by Crippen LogP contribution is 2.37. The predicted octanol–water partition coefficient (Wildman–Crippen LogP) is 2.28. The second kappa shape index (κ2) is 2.69. The zero-order chi connectivity index (χ0) is 8.55. The van der Waals surface area contributed by atoms with Crippen LogP contribution < -0.4 is 5.73 Å². The van der Waals surface area contributed by atoms with Crippen LogP contribution in [-0.4, -0.2) is 0 Å². The van der Waals surface area contributed by atoms with E-state index in [2.05, 4.69) is 5.73 Å². The lowest BCUT2D eigenvalue weighted by Crippen LogP contribution is -1.94. The summed E-state index contributed by atoms with van der Waals surface area (Å²) in [6.45, 7) is 2.05. The van der Waals surface area contributed by atoms with Gasteiger partial charge in [0.15, 0.2) is 0 Å². The Hall–Kier alpha value is -1.20. The van der Waals surface area contributed by atoms with E-state index in [1.54, 1.807) is 0 Å². The van der Waals surface area contributed by atoms with E-state index >= 15 is 0 Å². The van der Waals surface area contributed by atoms with Crippen LogP contribution in [0.15, 0.2) is 40.8 Å². The molecule has 2 aliphatic carbocycles. The highest BCUT2D eigenvalue weighted by Gasteiger charge is 2.24. The highest BCUT2D eigenvalue weighted by atomic mass is 14.6. The van der Waals surface area contributed by atoms with Gasteiger partial charge in [0.25, 0.3) is 0 Å². The molecule has 1 heteroatoms. The van der Waals surface area contributed by atoms with Crippen molar-refractivity contribution >= 4 is 0 Å². The number of hydrogen-bond acceptors (Lipinski definition) is 1. The minimum Gasteiger partial charge on any atom is -0.399 e. The predicted molar refractivity (Wildman–Crippen MR) is 50.3 cm³/mol. The third-order valence-electron chi connectivity index (χ3n) is 2.20. The van der Waals surface area contributed by atoms with Crippen molar-refractivity contribution in [3.05, 3.63) is 40.8 Å². The van der Waals surface area contributed by atoms with E-state index in [0.717, 1.165) is 11.6 Å². The Morgan fingerprint density at radius 3 is 2.83 bits per heavy atom. The van der Waals surface area contributed by atoms with Gasteiger partial charge in [-0.2, -0.15) is 0 Å². The van der Waals surface area contributed by atoms with Gasteiger partial charge in [-0.15, -0.1) is 5.73 Å². The van der Waals surface area contributed by atoms with Crippen molar-refractivity contribution in [3.8, 4) is 0 Å². The van der Waals surface area contributed by atoms with Gasteiger partial charge in [0.1, 0.15) is 0 Å². The summed E-state index contributed by atoms with van der Waals surface area (Å²) in [6.07, 6.45) is 8.66. The number of rotatable bonds is 1. The highest BCUT2D eigenvalue weighted by molar-refractivity contribution is 5.39. The molecule has 2 N–H and O–H groups in total. The Morgan fingerprint density at radius 2 is 2.17 bits per heavy atom. The summed E-state index contributed by atoms with van der Waals surface area (Å²) in [6, 6.07) is 0. The van der Waals surface area contributed by atoms with Crippen molar-refractivity contribution in [3.63, 3.8) is 0 Å². The quantitative estimate of drug-likeness (QED) is 0.583. The van der Waals surface area contributed by atoms with E-state index in [-0.39, 0.29) is 0 Å². The van der Waals surface area contributed by atoms with Crippen LogP contribution in [0.3, 0.4) is 0 Å². The molecule has 1 saturated carbocycles. The Balaban J connectivity index is 2.35. The zero-order valence-electron chi connectivity index (χ0n) is 7.30. The maximum atomic E-state index is 5.78. The molecule has 0 aliphatic heterocycles. The van der Waals surface area contributed by atoms with Crippen LogP contribution in [0.5, 0.6) is 0 Å². The van der Waals surface area contributed by atoms with Gasteiger partial charge in [-0.05, 0) is 55.1 Å². The molecule has 1 nitrogen and oxygen atoms in total. The summed E-state index contributed by atoms with van der Waals surface area (Å²) in [4.78, 5) is 0. The van der Waals surface area contributed by atoms with E-state index in [1.165, 1.54) is 24.0 Å². The summed E-state index contributed by atoms with van der Waals surface area (Å²) >= 11 is 0. The summed E-state index contributed by atoms with van der Waals surface area (Å²) in [5.74, 6) is 0.735. The lowest BCUT2D eigenvalue weighted by molar-refractivity contribution is 1.05.